The fourth-order valence-electron chi connectivity index (χ4n) is 2.30. The van der Waals surface area contributed by atoms with Gasteiger partial charge in [-0.05, 0) is 57.1 Å². The lowest BCUT2D eigenvalue weighted by atomic mass is 10.0. The summed E-state index contributed by atoms with van der Waals surface area (Å²) < 4.78 is 0. The van der Waals surface area contributed by atoms with Crippen molar-refractivity contribution in [2.24, 2.45) is 10.9 Å². The number of hydrogen-bond acceptors (Lipinski definition) is 1. The summed E-state index contributed by atoms with van der Waals surface area (Å²) in [5.41, 5.74) is 4.13. The molecule has 0 atom stereocenters. The molecule has 0 saturated heterocycles. The minimum atomic E-state index is 0.838. The van der Waals surface area contributed by atoms with Gasteiger partial charge < -0.3 is 10.6 Å². The highest BCUT2D eigenvalue weighted by molar-refractivity contribution is 5.79. The van der Waals surface area contributed by atoms with Crippen LogP contribution in [-0.4, -0.2) is 25.6 Å². The van der Waals surface area contributed by atoms with Crippen LogP contribution in [0, 0.1) is 19.8 Å². The van der Waals surface area contributed by atoms with Gasteiger partial charge in [-0.2, -0.15) is 0 Å². The Morgan fingerprint density at radius 3 is 2.70 bits per heavy atom. The number of nitrogens with zero attached hydrogens (tertiary/aromatic N) is 1. The number of hydrogen-bond donors (Lipinski definition) is 2. The quantitative estimate of drug-likeness (QED) is 0.617. The molecule has 0 radical (unpaired) electrons. The predicted octanol–water partition coefficient (Wildman–Crippen LogP) is 2.81. The van der Waals surface area contributed by atoms with Gasteiger partial charge in [0.25, 0.3) is 0 Å². The van der Waals surface area contributed by atoms with Crippen molar-refractivity contribution in [1.82, 2.24) is 10.6 Å². The van der Waals surface area contributed by atoms with E-state index in [0.29, 0.717) is 0 Å². The Morgan fingerprint density at radius 2 is 2.05 bits per heavy atom. The SMILES string of the molecule is CCNC(=NCC1CC1)NCCc1ccc(C)cc1C. The zero-order valence-corrected chi connectivity index (χ0v) is 13.0. The maximum Gasteiger partial charge on any atom is 0.191 e. The van der Waals surface area contributed by atoms with E-state index in [1.807, 2.05) is 0 Å². The Bertz CT molecular complexity index is 461. The number of aryl methyl sites for hydroxylation is 2. The molecule has 0 spiro atoms. The van der Waals surface area contributed by atoms with Gasteiger partial charge in [-0.25, -0.2) is 0 Å². The van der Waals surface area contributed by atoms with Crippen molar-refractivity contribution < 1.29 is 0 Å². The molecular formula is C17H27N3. The molecule has 0 aromatic heterocycles. The van der Waals surface area contributed by atoms with E-state index in [0.717, 1.165) is 37.9 Å². The van der Waals surface area contributed by atoms with Crippen LogP contribution in [0.25, 0.3) is 0 Å². The lowest BCUT2D eigenvalue weighted by Crippen LogP contribution is -2.38. The molecule has 1 aromatic carbocycles. The van der Waals surface area contributed by atoms with Gasteiger partial charge in [0.1, 0.15) is 0 Å². The lowest BCUT2D eigenvalue weighted by molar-refractivity contribution is 0.775. The highest BCUT2D eigenvalue weighted by Crippen LogP contribution is 2.28. The van der Waals surface area contributed by atoms with Crippen molar-refractivity contribution in [3.63, 3.8) is 0 Å². The van der Waals surface area contributed by atoms with Crippen LogP contribution in [0.4, 0.5) is 0 Å². The Kier molecular flexibility index (Phi) is 5.45. The van der Waals surface area contributed by atoms with Crippen LogP contribution in [-0.2, 0) is 6.42 Å². The fraction of sp³-hybridized carbons (Fsp3) is 0.588. The maximum absolute atomic E-state index is 4.64. The first-order valence-electron chi connectivity index (χ1n) is 7.77. The van der Waals surface area contributed by atoms with Gasteiger partial charge in [-0.15, -0.1) is 0 Å². The van der Waals surface area contributed by atoms with E-state index < -0.39 is 0 Å². The van der Waals surface area contributed by atoms with Gasteiger partial charge in [0.2, 0.25) is 0 Å². The van der Waals surface area contributed by atoms with Gasteiger partial charge >= 0.3 is 0 Å². The normalized spacial score (nSPS) is 15.2. The standard InChI is InChI=1S/C17H27N3/c1-4-18-17(20-12-15-6-7-15)19-10-9-16-8-5-13(2)11-14(16)3/h5,8,11,15H,4,6-7,9-10,12H2,1-3H3,(H2,18,19,20). The van der Waals surface area contributed by atoms with Crippen molar-refractivity contribution in [2.45, 2.75) is 40.0 Å². The van der Waals surface area contributed by atoms with Crippen molar-refractivity contribution in [3.8, 4) is 0 Å². The molecule has 0 bridgehead atoms. The van der Waals surface area contributed by atoms with Crippen molar-refractivity contribution in [2.75, 3.05) is 19.6 Å². The summed E-state index contributed by atoms with van der Waals surface area (Å²) >= 11 is 0. The van der Waals surface area contributed by atoms with Crippen LogP contribution in [0.5, 0.6) is 0 Å². The topological polar surface area (TPSA) is 36.4 Å². The van der Waals surface area contributed by atoms with E-state index in [-0.39, 0.29) is 0 Å². The minimum absolute atomic E-state index is 0.838. The molecule has 0 aliphatic heterocycles. The summed E-state index contributed by atoms with van der Waals surface area (Å²) in [5, 5.41) is 6.75. The molecule has 3 nitrogen and oxygen atoms in total. The molecule has 0 heterocycles. The Morgan fingerprint density at radius 1 is 1.25 bits per heavy atom. The predicted molar refractivity (Wildman–Crippen MR) is 86.3 cm³/mol. The molecule has 1 aromatic rings. The number of benzene rings is 1. The number of rotatable bonds is 6. The zero-order chi connectivity index (χ0) is 14.4. The second kappa shape index (κ2) is 7.32. The van der Waals surface area contributed by atoms with Crippen LogP contribution in [0.1, 0.15) is 36.5 Å². The summed E-state index contributed by atoms with van der Waals surface area (Å²) in [6, 6.07) is 6.68. The van der Waals surface area contributed by atoms with Crippen LogP contribution >= 0.6 is 0 Å². The second-order valence-corrected chi connectivity index (χ2v) is 5.77. The summed E-state index contributed by atoms with van der Waals surface area (Å²) in [4.78, 5) is 4.64. The molecular weight excluding hydrogens is 246 g/mol. The molecule has 1 saturated carbocycles. The van der Waals surface area contributed by atoms with E-state index >= 15 is 0 Å². The third-order valence-corrected chi connectivity index (χ3v) is 3.73. The fourth-order valence-corrected chi connectivity index (χ4v) is 2.30. The van der Waals surface area contributed by atoms with Gasteiger partial charge in [0.15, 0.2) is 5.96 Å². The first-order valence-corrected chi connectivity index (χ1v) is 7.77. The smallest absolute Gasteiger partial charge is 0.191 e. The molecule has 1 fully saturated rings. The second-order valence-electron chi connectivity index (χ2n) is 5.77. The number of aliphatic imine (C=N–C) groups is 1. The van der Waals surface area contributed by atoms with Crippen LogP contribution in [0.2, 0.25) is 0 Å². The van der Waals surface area contributed by atoms with Crippen LogP contribution < -0.4 is 10.6 Å². The van der Waals surface area contributed by atoms with Crippen LogP contribution in [0.3, 0.4) is 0 Å². The summed E-state index contributed by atoms with van der Waals surface area (Å²) in [7, 11) is 0. The molecule has 2 rings (SSSR count). The van der Waals surface area contributed by atoms with Crippen molar-refractivity contribution in [1.29, 1.82) is 0 Å². The first-order chi connectivity index (χ1) is 9.69. The molecule has 20 heavy (non-hydrogen) atoms. The minimum Gasteiger partial charge on any atom is -0.357 e. The summed E-state index contributed by atoms with van der Waals surface area (Å²) in [6.45, 7) is 9.26. The van der Waals surface area contributed by atoms with E-state index in [1.54, 1.807) is 0 Å². The van der Waals surface area contributed by atoms with Crippen LogP contribution in [0.15, 0.2) is 23.2 Å². The van der Waals surface area contributed by atoms with Gasteiger partial charge in [0.05, 0.1) is 0 Å². The number of guanidine groups is 1. The maximum atomic E-state index is 4.64. The Labute approximate surface area is 122 Å². The first kappa shape index (κ1) is 14.9. The molecule has 2 N–H and O–H groups in total. The molecule has 3 heteroatoms. The van der Waals surface area contributed by atoms with E-state index in [1.165, 1.54) is 29.5 Å². The molecule has 1 aliphatic rings. The van der Waals surface area contributed by atoms with Gasteiger partial charge in [-0.1, -0.05) is 23.8 Å². The zero-order valence-electron chi connectivity index (χ0n) is 13.0. The molecule has 0 amide bonds. The van der Waals surface area contributed by atoms with E-state index in [4.69, 9.17) is 0 Å². The highest BCUT2D eigenvalue weighted by atomic mass is 15.2. The van der Waals surface area contributed by atoms with Crippen molar-refractivity contribution in [3.05, 3.63) is 34.9 Å². The largest absolute Gasteiger partial charge is 0.357 e. The summed E-state index contributed by atoms with van der Waals surface area (Å²) in [6.07, 6.45) is 3.75. The van der Waals surface area contributed by atoms with Crippen molar-refractivity contribution >= 4 is 5.96 Å². The number of nitrogens with one attached hydrogen (secondary N) is 2. The average Bonchev–Trinajstić information content (AvgIpc) is 3.22. The Balaban J connectivity index is 1.80. The average molecular weight is 273 g/mol. The summed E-state index contributed by atoms with van der Waals surface area (Å²) in [5.74, 6) is 1.80. The van der Waals surface area contributed by atoms with E-state index in [9.17, 15) is 0 Å². The van der Waals surface area contributed by atoms with E-state index in [2.05, 4.69) is 54.6 Å². The monoisotopic (exact) mass is 273 g/mol. The Hall–Kier alpha value is -1.51. The highest BCUT2D eigenvalue weighted by Gasteiger charge is 2.20. The molecule has 1 aliphatic carbocycles. The third-order valence-electron chi connectivity index (χ3n) is 3.73. The van der Waals surface area contributed by atoms with Gasteiger partial charge in [0, 0.05) is 19.6 Å². The lowest BCUT2D eigenvalue weighted by Gasteiger charge is -2.12. The molecule has 110 valence electrons. The molecule has 0 unspecified atom stereocenters. The van der Waals surface area contributed by atoms with Gasteiger partial charge in [-0.3, -0.25) is 4.99 Å². The third kappa shape index (κ3) is 4.87.